The monoisotopic (exact) mass is 476 g/mol. The molecular formula is C28H32N2O5. The summed E-state index contributed by atoms with van der Waals surface area (Å²) in [6.07, 6.45) is 6.77. The largest absolute Gasteiger partial charge is 0.469 e. The number of carbonyl (C=O) groups is 3. The Bertz CT molecular complexity index is 1100. The number of rotatable bonds is 7. The Morgan fingerprint density at radius 3 is 2.26 bits per heavy atom. The van der Waals surface area contributed by atoms with Crippen LogP contribution in [0.1, 0.15) is 44.1 Å². The Labute approximate surface area is 205 Å². The van der Waals surface area contributed by atoms with E-state index in [1.54, 1.807) is 6.20 Å². The minimum atomic E-state index is -0.796. The Hall–Kier alpha value is -3.22. The molecule has 4 aliphatic rings. The summed E-state index contributed by atoms with van der Waals surface area (Å²) in [5.74, 6) is -0.116. The normalized spacial score (nSPS) is 29.3. The number of nitrogens with one attached hydrogen (secondary N) is 1. The standard InChI is InChI=1S/C28H32N2O5/c1-34-24(31)23(12-18-6-8-21(9-7-18)22-5-3-4-10-29-22)30-25(32)27-13-19-11-20(14-27)16-28(15-19,17-27)26(33)35-2/h3-10,19-20,23H,11-17H2,1-2H3,(H,30,32)/t19?,20?,23-,27?,28?/m0/s1. The van der Waals surface area contributed by atoms with Crippen LogP contribution >= 0.6 is 0 Å². The lowest BCUT2D eigenvalue weighted by Gasteiger charge is -2.59. The molecule has 4 fully saturated rings. The molecule has 1 aromatic carbocycles. The zero-order valence-corrected chi connectivity index (χ0v) is 20.3. The Kier molecular flexibility index (Phi) is 6.11. The predicted molar refractivity (Wildman–Crippen MR) is 129 cm³/mol. The maximum Gasteiger partial charge on any atom is 0.328 e. The van der Waals surface area contributed by atoms with Crippen molar-refractivity contribution in [3.8, 4) is 11.3 Å². The Balaban J connectivity index is 1.33. The third kappa shape index (κ3) is 4.32. The Morgan fingerprint density at radius 2 is 1.66 bits per heavy atom. The minimum Gasteiger partial charge on any atom is -0.469 e. The van der Waals surface area contributed by atoms with Crippen LogP contribution in [-0.2, 0) is 30.3 Å². The summed E-state index contributed by atoms with van der Waals surface area (Å²) < 4.78 is 10.2. The van der Waals surface area contributed by atoms with Gasteiger partial charge in [0.05, 0.1) is 30.7 Å². The smallest absolute Gasteiger partial charge is 0.328 e. The number of carbonyl (C=O) groups excluding carboxylic acids is 3. The number of nitrogens with zero attached hydrogens (tertiary/aromatic N) is 1. The second kappa shape index (κ2) is 9.10. The van der Waals surface area contributed by atoms with E-state index in [0.717, 1.165) is 48.9 Å². The van der Waals surface area contributed by atoms with Crippen molar-refractivity contribution in [1.29, 1.82) is 0 Å². The van der Waals surface area contributed by atoms with Crippen molar-refractivity contribution in [2.45, 2.75) is 51.0 Å². The van der Waals surface area contributed by atoms with Crippen LogP contribution in [0.5, 0.6) is 0 Å². The van der Waals surface area contributed by atoms with Gasteiger partial charge in [-0.1, -0.05) is 30.3 Å². The average Bonchev–Trinajstić information content (AvgIpc) is 2.87. The molecule has 184 valence electrons. The van der Waals surface area contributed by atoms with Crippen LogP contribution in [0.2, 0.25) is 0 Å². The SMILES string of the molecule is COC(=O)[C@H](Cc1ccc(-c2ccccn2)cc1)NC(=O)C12CC3CC(C1)CC(C(=O)OC)(C3)C2. The van der Waals surface area contributed by atoms with Gasteiger partial charge in [0.2, 0.25) is 5.91 Å². The van der Waals surface area contributed by atoms with Crippen molar-refractivity contribution < 1.29 is 23.9 Å². The molecular weight excluding hydrogens is 444 g/mol. The summed E-state index contributed by atoms with van der Waals surface area (Å²) >= 11 is 0. The number of pyridine rings is 1. The third-order valence-electron chi connectivity index (χ3n) is 8.31. The predicted octanol–water partition coefficient (Wildman–Crippen LogP) is 3.71. The van der Waals surface area contributed by atoms with Crippen LogP contribution in [0, 0.1) is 22.7 Å². The topological polar surface area (TPSA) is 94.6 Å². The first-order valence-corrected chi connectivity index (χ1v) is 12.3. The second-order valence-electron chi connectivity index (χ2n) is 10.7. The van der Waals surface area contributed by atoms with E-state index < -0.39 is 22.8 Å². The van der Waals surface area contributed by atoms with Crippen LogP contribution in [0.4, 0.5) is 0 Å². The molecule has 35 heavy (non-hydrogen) atoms. The number of esters is 2. The zero-order valence-electron chi connectivity index (χ0n) is 20.3. The molecule has 3 atom stereocenters. The zero-order chi connectivity index (χ0) is 24.6. The van der Waals surface area contributed by atoms with Crippen LogP contribution < -0.4 is 5.32 Å². The van der Waals surface area contributed by atoms with Gasteiger partial charge in [0, 0.05) is 18.2 Å². The fourth-order valence-corrected chi connectivity index (χ4v) is 7.21. The van der Waals surface area contributed by atoms with Gasteiger partial charge in [0.15, 0.2) is 0 Å². The molecule has 7 nitrogen and oxygen atoms in total. The number of hydrogen-bond acceptors (Lipinski definition) is 6. The highest BCUT2D eigenvalue weighted by atomic mass is 16.5. The van der Waals surface area contributed by atoms with Crippen LogP contribution in [0.15, 0.2) is 48.7 Å². The van der Waals surface area contributed by atoms with Gasteiger partial charge in [-0.25, -0.2) is 4.79 Å². The lowest BCUT2D eigenvalue weighted by Crippen LogP contribution is -2.61. The van der Waals surface area contributed by atoms with E-state index >= 15 is 0 Å². The summed E-state index contributed by atoms with van der Waals surface area (Å²) in [5.41, 5.74) is 1.57. The maximum absolute atomic E-state index is 13.7. The molecule has 1 heterocycles. The van der Waals surface area contributed by atoms with E-state index in [1.165, 1.54) is 14.2 Å². The molecule has 0 spiro atoms. The Morgan fingerprint density at radius 1 is 0.971 bits per heavy atom. The van der Waals surface area contributed by atoms with E-state index in [2.05, 4.69) is 10.3 Å². The van der Waals surface area contributed by atoms with Crippen molar-refractivity contribution >= 4 is 17.8 Å². The molecule has 4 saturated carbocycles. The lowest BCUT2D eigenvalue weighted by molar-refractivity contribution is -0.182. The molecule has 0 radical (unpaired) electrons. The highest BCUT2D eigenvalue weighted by molar-refractivity contribution is 5.90. The number of methoxy groups -OCH3 is 2. The van der Waals surface area contributed by atoms with E-state index in [9.17, 15) is 14.4 Å². The quantitative estimate of drug-likeness (QED) is 0.613. The van der Waals surface area contributed by atoms with E-state index in [0.29, 0.717) is 24.7 Å². The molecule has 4 aliphatic carbocycles. The molecule has 1 N–H and O–H groups in total. The molecule has 7 heteroatoms. The van der Waals surface area contributed by atoms with E-state index in [-0.39, 0.29) is 11.9 Å². The average molecular weight is 477 g/mol. The van der Waals surface area contributed by atoms with Crippen LogP contribution in [0.3, 0.4) is 0 Å². The molecule has 0 aliphatic heterocycles. The highest BCUT2D eigenvalue weighted by Crippen LogP contribution is 2.65. The number of amides is 1. The summed E-state index contributed by atoms with van der Waals surface area (Å²) in [7, 11) is 2.77. The molecule has 0 saturated heterocycles. The van der Waals surface area contributed by atoms with Crippen LogP contribution in [0.25, 0.3) is 11.3 Å². The van der Waals surface area contributed by atoms with Gasteiger partial charge in [0.1, 0.15) is 6.04 Å². The first kappa shape index (κ1) is 23.5. The maximum atomic E-state index is 13.7. The van der Waals surface area contributed by atoms with Gasteiger partial charge in [-0.2, -0.15) is 0 Å². The molecule has 4 bridgehead atoms. The molecule has 1 aromatic heterocycles. The van der Waals surface area contributed by atoms with Gasteiger partial charge in [-0.05, 0) is 68.1 Å². The summed E-state index contributed by atoms with van der Waals surface area (Å²) in [4.78, 5) is 43.5. The molecule has 1 amide bonds. The number of ether oxygens (including phenoxy) is 2. The fourth-order valence-electron chi connectivity index (χ4n) is 7.21. The number of benzene rings is 1. The molecule has 2 unspecified atom stereocenters. The molecule has 2 aromatic rings. The van der Waals surface area contributed by atoms with E-state index in [4.69, 9.17) is 9.47 Å². The number of aromatic nitrogens is 1. The van der Waals surface area contributed by atoms with Gasteiger partial charge in [-0.3, -0.25) is 14.6 Å². The summed E-state index contributed by atoms with van der Waals surface area (Å²) in [6.45, 7) is 0. The first-order chi connectivity index (χ1) is 16.9. The van der Waals surface area contributed by atoms with Crippen molar-refractivity contribution in [2.75, 3.05) is 14.2 Å². The summed E-state index contributed by atoms with van der Waals surface area (Å²) in [5, 5.41) is 3.02. The van der Waals surface area contributed by atoms with Crippen molar-refractivity contribution in [1.82, 2.24) is 10.3 Å². The first-order valence-electron chi connectivity index (χ1n) is 12.3. The van der Waals surface area contributed by atoms with Crippen molar-refractivity contribution in [2.24, 2.45) is 22.7 Å². The highest BCUT2D eigenvalue weighted by Gasteiger charge is 2.63. The van der Waals surface area contributed by atoms with Gasteiger partial charge in [0.25, 0.3) is 0 Å². The third-order valence-corrected chi connectivity index (χ3v) is 8.31. The number of hydrogen-bond donors (Lipinski definition) is 1. The van der Waals surface area contributed by atoms with Crippen molar-refractivity contribution in [3.63, 3.8) is 0 Å². The minimum absolute atomic E-state index is 0.139. The van der Waals surface area contributed by atoms with Gasteiger partial charge >= 0.3 is 11.9 Å². The van der Waals surface area contributed by atoms with E-state index in [1.807, 2.05) is 42.5 Å². The summed E-state index contributed by atoms with van der Waals surface area (Å²) in [6, 6.07) is 12.8. The lowest BCUT2D eigenvalue weighted by atomic mass is 9.44. The second-order valence-corrected chi connectivity index (χ2v) is 10.7. The van der Waals surface area contributed by atoms with Crippen molar-refractivity contribution in [3.05, 3.63) is 54.2 Å². The van der Waals surface area contributed by atoms with Gasteiger partial charge < -0.3 is 14.8 Å². The van der Waals surface area contributed by atoms with Crippen LogP contribution in [-0.4, -0.2) is 43.1 Å². The molecule has 6 rings (SSSR count). The fraction of sp³-hybridized carbons (Fsp3) is 0.500. The van der Waals surface area contributed by atoms with Gasteiger partial charge in [-0.15, -0.1) is 0 Å².